The van der Waals surface area contributed by atoms with E-state index in [9.17, 15) is 14.0 Å². The van der Waals surface area contributed by atoms with Crippen molar-refractivity contribution in [2.45, 2.75) is 6.42 Å². The Labute approximate surface area is 127 Å². The average Bonchev–Trinajstić information content (AvgIpc) is 2.51. The molecule has 6 heteroatoms. The number of halogens is 1. The van der Waals surface area contributed by atoms with Gasteiger partial charge in [-0.05, 0) is 29.8 Å². The highest BCUT2D eigenvalue weighted by Crippen LogP contribution is 2.14. The second-order valence-corrected chi connectivity index (χ2v) is 4.61. The molecule has 0 aromatic heterocycles. The van der Waals surface area contributed by atoms with Crippen molar-refractivity contribution < 1.29 is 14.0 Å². The Morgan fingerprint density at radius 2 is 1.68 bits per heavy atom. The van der Waals surface area contributed by atoms with Crippen LogP contribution in [-0.4, -0.2) is 19.0 Å². The van der Waals surface area contributed by atoms with Gasteiger partial charge >= 0.3 is 6.03 Å². The molecule has 0 saturated heterocycles. The summed E-state index contributed by atoms with van der Waals surface area (Å²) in [5.74, 6) is -0.586. The number of likely N-dealkylation sites (N-methyl/N-ethyl adjacent to an activating group) is 1. The lowest BCUT2D eigenvalue weighted by atomic mass is 10.1. The number of rotatable bonds is 4. The first-order valence-electron chi connectivity index (χ1n) is 6.70. The van der Waals surface area contributed by atoms with Crippen LogP contribution in [0.3, 0.4) is 0 Å². The van der Waals surface area contributed by atoms with Crippen LogP contribution in [0.1, 0.15) is 5.56 Å². The van der Waals surface area contributed by atoms with E-state index in [-0.39, 0.29) is 18.0 Å². The fourth-order valence-corrected chi connectivity index (χ4v) is 1.83. The van der Waals surface area contributed by atoms with Gasteiger partial charge in [-0.15, -0.1) is 0 Å². The minimum atomic E-state index is -0.538. The molecule has 22 heavy (non-hydrogen) atoms. The molecule has 0 aliphatic heterocycles. The van der Waals surface area contributed by atoms with Gasteiger partial charge in [-0.3, -0.25) is 4.79 Å². The zero-order chi connectivity index (χ0) is 15.9. The molecule has 2 aromatic carbocycles. The number of hydrogen-bond acceptors (Lipinski definition) is 2. The standard InChI is InChI=1S/C16H16FN3O2/c1-18-15(21)10-11-6-8-12(9-7-11)19-16(22)20-14-5-3-2-4-13(14)17/h2-9H,10H2,1H3,(H,18,21)(H2,19,20,22). The Morgan fingerprint density at radius 3 is 2.32 bits per heavy atom. The number of carbonyl (C=O) groups is 2. The lowest BCUT2D eigenvalue weighted by Crippen LogP contribution is -2.21. The molecular formula is C16H16FN3O2. The molecule has 0 aliphatic carbocycles. The summed E-state index contributed by atoms with van der Waals surface area (Å²) in [5, 5.41) is 7.56. The Kier molecular flexibility index (Phi) is 5.08. The van der Waals surface area contributed by atoms with Crippen molar-refractivity contribution in [3.63, 3.8) is 0 Å². The first-order valence-corrected chi connectivity index (χ1v) is 6.70. The van der Waals surface area contributed by atoms with Gasteiger partial charge in [0.05, 0.1) is 12.1 Å². The first-order chi connectivity index (χ1) is 10.6. The van der Waals surface area contributed by atoms with Crippen LogP contribution in [0.4, 0.5) is 20.6 Å². The van der Waals surface area contributed by atoms with Gasteiger partial charge in [-0.2, -0.15) is 0 Å². The van der Waals surface area contributed by atoms with E-state index in [4.69, 9.17) is 0 Å². The van der Waals surface area contributed by atoms with Crippen molar-refractivity contribution in [1.29, 1.82) is 0 Å². The third kappa shape index (κ3) is 4.31. The van der Waals surface area contributed by atoms with E-state index in [1.165, 1.54) is 12.1 Å². The monoisotopic (exact) mass is 301 g/mol. The maximum absolute atomic E-state index is 13.4. The van der Waals surface area contributed by atoms with E-state index in [1.54, 1.807) is 43.4 Å². The Balaban J connectivity index is 1.94. The van der Waals surface area contributed by atoms with Crippen molar-refractivity contribution in [1.82, 2.24) is 5.32 Å². The fourth-order valence-electron chi connectivity index (χ4n) is 1.83. The second-order valence-electron chi connectivity index (χ2n) is 4.61. The van der Waals surface area contributed by atoms with E-state index < -0.39 is 11.8 Å². The SMILES string of the molecule is CNC(=O)Cc1ccc(NC(=O)Nc2ccccc2F)cc1. The van der Waals surface area contributed by atoms with Crippen LogP contribution in [0.5, 0.6) is 0 Å². The summed E-state index contributed by atoms with van der Waals surface area (Å²) in [6, 6.07) is 12.2. The van der Waals surface area contributed by atoms with Crippen LogP contribution in [0.2, 0.25) is 0 Å². The van der Waals surface area contributed by atoms with Crippen LogP contribution in [0, 0.1) is 5.82 Å². The zero-order valence-electron chi connectivity index (χ0n) is 12.0. The van der Waals surface area contributed by atoms with Crippen LogP contribution < -0.4 is 16.0 Å². The quantitative estimate of drug-likeness (QED) is 0.812. The Hall–Kier alpha value is -2.89. The van der Waals surface area contributed by atoms with Gasteiger partial charge in [0.2, 0.25) is 5.91 Å². The predicted octanol–water partition coefficient (Wildman–Crippen LogP) is 2.76. The summed E-state index contributed by atoms with van der Waals surface area (Å²) in [7, 11) is 1.57. The molecular weight excluding hydrogens is 285 g/mol. The lowest BCUT2D eigenvalue weighted by molar-refractivity contribution is -0.119. The van der Waals surface area contributed by atoms with Crippen molar-refractivity contribution in [2.24, 2.45) is 0 Å². The van der Waals surface area contributed by atoms with E-state index >= 15 is 0 Å². The molecule has 0 fully saturated rings. The molecule has 0 bridgehead atoms. The Morgan fingerprint density at radius 1 is 1.00 bits per heavy atom. The van der Waals surface area contributed by atoms with Gasteiger partial charge < -0.3 is 16.0 Å². The lowest BCUT2D eigenvalue weighted by Gasteiger charge is -2.09. The molecule has 0 radical (unpaired) electrons. The van der Waals surface area contributed by atoms with E-state index in [0.29, 0.717) is 5.69 Å². The Bertz CT molecular complexity index is 671. The highest BCUT2D eigenvalue weighted by molar-refractivity contribution is 5.99. The molecule has 0 aliphatic rings. The van der Waals surface area contributed by atoms with Crippen molar-refractivity contribution in [3.8, 4) is 0 Å². The molecule has 114 valence electrons. The summed E-state index contributed by atoms with van der Waals surface area (Å²) >= 11 is 0. The van der Waals surface area contributed by atoms with Gasteiger partial charge in [-0.25, -0.2) is 9.18 Å². The number of anilines is 2. The van der Waals surface area contributed by atoms with E-state index in [0.717, 1.165) is 5.56 Å². The van der Waals surface area contributed by atoms with Gasteiger partial charge in [-0.1, -0.05) is 24.3 Å². The zero-order valence-corrected chi connectivity index (χ0v) is 12.0. The van der Waals surface area contributed by atoms with Gasteiger partial charge in [0.15, 0.2) is 0 Å². The third-order valence-electron chi connectivity index (χ3n) is 2.98. The van der Waals surface area contributed by atoms with Gasteiger partial charge in [0.25, 0.3) is 0 Å². The maximum atomic E-state index is 13.4. The van der Waals surface area contributed by atoms with Crippen molar-refractivity contribution >= 4 is 23.3 Å². The molecule has 3 amide bonds. The molecule has 3 N–H and O–H groups in total. The van der Waals surface area contributed by atoms with E-state index in [2.05, 4.69) is 16.0 Å². The molecule has 2 aromatic rings. The number of amides is 3. The van der Waals surface area contributed by atoms with E-state index in [1.807, 2.05) is 0 Å². The smallest absolute Gasteiger partial charge is 0.323 e. The van der Waals surface area contributed by atoms with Gasteiger partial charge in [0, 0.05) is 12.7 Å². The third-order valence-corrected chi connectivity index (χ3v) is 2.98. The summed E-state index contributed by atoms with van der Waals surface area (Å²) in [6.07, 6.45) is 0.276. The highest BCUT2D eigenvalue weighted by atomic mass is 19.1. The maximum Gasteiger partial charge on any atom is 0.323 e. The second kappa shape index (κ2) is 7.21. The van der Waals surface area contributed by atoms with Crippen LogP contribution in [-0.2, 0) is 11.2 Å². The molecule has 0 unspecified atom stereocenters. The highest BCUT2D eigenvalue weighted by Gasteiger charge is 2.06. The van der Waals surface area contributed by atoms with Crippen LogP contribution in [0.15, 0.2) is 48.5 Å². The van der Waals surface area contributed by atoms with Crippen LogP contribution >= 0.6 is 0 Å². The number of urea groups is 1. The summed E-state index contributed by atoms with van der Waals surface area (Å²) in [5.41, 5.74) is 1.49. The largest absolute Gasteiger partial charge is 0.359 e. The minimum Gasteiger partial charge on any atom is -0.359 e. The summed E-state index contributed by atoms with van der Waals surface area (Å²) in [4.78, 5) is 23.0. The fraction of sp³-hybridized carbons (Fsp3) is 0.125. The number of hydrogen-bond donors (Lipinski definition) is 3. The molecule has 0 spiro atoms. The molecule has 0 saturated carbocycles. The van der Waals surface area contributed by atoms with Gasteiger partial charge in [0.1, 0.15) is 5.82 Å². The number of carbonyl (C=O) groups excluding carboxylic acids is 2. The average molecular weight is 301 g/mol. The van der Waals surface area contributed by atoms with Crippen molar-refractivity contribution in [3.05, 3.63) is 59.9 Å². The predicted molar refractivity (Wildman–Crippen MR) is 83.3 cm³/mol. The minimum absolute atomic E-state index is 0.0852. The number of para-hydroxylation sites is 1. The summed E-state index contributed by atoms with van der Waals surface area (Å²) < 4.78 is 13.4. The molecule has 0 heterocycles. The van der Waals surface area contributed by atoms with Crippen LogP contribution in [0.25, 0.3) is 0 Å². The summed E-state index contributed by atoms with van der Waals surface area (Å²) in [6.45, 7) is 0. The molecule has 5 nitrogen and oxygen atoms in total. The number of benzene rings is 2. The number of nitrogens with one attached hydrogen (secondary N) is 3. The topological polar surface area (TPSA) is 70.2 Å². The first kappa shape index (κ1) is 15.5. The molecule has 0 atom stereocenters. The molecule has 2 rings (SSSR count). The normalized spacial score (nSPS) is 9.91. The van der Waals surface area contributed by atoms with Crippen molar-refractivity contribution in [2.75, 3.05) is 17.7 Å².